The molecule has 2 rings (SSSR count). The Labute approximate surface area is 105 Å². The van der Waals surface area contributed by atoms with Crippen LogP contribution in [0.1, 0.15) is 5.56 Å². The van der Waals surface area contributed by atoms with Gasteiger partial charge in [0, 0.05) is 6.08 Å². The highest BCUT2D eigenvalue weighted by Gasteiger charge is 2.28. The van der Waals surface area contributed by atoms with Crippen molar-refractivity contribution in [3.63, 3.8) is 0 Å². The van der Waals surface area contributed by atoms with Gasteiger partial charge in [0.1, 0.15) is 4.91 Å². The summed E-state index contributed by atoms with van der Waals surface area (Å²) in [7, 11) is -3.92. The molecule has 18 heavy (non-hydrogen) atoms. The lowest BCUT2D eigenvalue weighted by Crippen LogP contribution is -2.16. The largest absolute Gasteiger partial charge is 0.290 e. The van der Waals surface area contributed by atoms with E-state index in [1.165, 1.54) is 12.1 Å². The number of sulfone groups is 1. The van der Waals surface area contributed by atoms with Crippen molar-refractivity contribution in [1.82, 2.24) is 0 Å². The van der Waals surface area contributed by atoms with Gasteiger partial charge in [-0.1, -0.05) is 17.7 Å². The molecule has 0 spiro atoms. The molecule has 0 N–H and O–H groups in total. The van der Waals surface area contributed by atoms with Gasteiger partial charge in [0.2, 0.25) is 9.84 Å². The third kappa shape index (κ3) is 2.17. The number of hydrogen-bond acceptors (Lipinski definition) is 4. The van der Waals surface area contributed by atoms with Crippen molar-refractivity contribution < 1.29 is 18.0 Å². The number of ketones is 2. The molecule has 0 saturated carbocycles. The van der Waals surface area contributed by atoms with Gasteiger partial charge in [0.15, 0.2) is 11.6 Å². The highest BCUT2D eigenvalue weighted by molar-refractivity contribution is 7.96. The van der Waals surface area contributed by atoms with Gasteiger partial charge in [-0.3, -0.25) is 9.59 Å². The van der Waals surface area contributed by atoms with Crippen LogP contribution in [0.2, 0.25) is 0 Å². The molecule has 92 valence electrons. The van der Waals surface area contributed by atoms with E-state index < -0.39 is 26.3 Å². The second kappa shape index (κ2) is 4.34. The number of aryl methyl sites for hydroxylation is 1. The Kier molecular flexibility index (Phi) is 3.00. The van der Waals surface area contributed by atoms with Crippen molar-refractivity contribution in [3.05, 3.63) is 53.0 Å². The van der Waals surface area contributed by atoms with E-state index in [1.54, 1.807) is 12.1 Å². The van der Waals surface area contributed by atoms with Crippen molar-refractivity contribution in [1.29, 1.82) is 0 Å². The number of carbonyl (C=O) groups excluding carboxylic acids is 2. The number of benzene rings is 1. The van der Waals surface area contributed by atoms with Crippen molar-refractivity contribution >= 4 is 21.4 Å². The lowest BCUT2D eigenvalue weighted by molar-refractivity contribution is -0.114. The van der Waals surface area contributed by atoms with Gasteiger partial charge in [-0.25, -0.2) is 8.42 Å². The van der Waals surface area contributed by atoms with Crippen LogP contribution in [-0.4, -0.2) is 20.0 Å². The molecule has 0 unspecified atom stereocenters. The first-order valence-corrected chi connectivity index (χ1v) is 6.69. The third-order valence-corrected chi connectivity index (χ3v) is 4.33. The Hall–Kier alpha value is -2.01. The lowest BCUT2D eigenvalue weighted by atomic mass is 10.2. The highest BCUT2D eigenvalue weighted by Crippen LogP contribution is 2.22. The molecular formula is C13H10O4S. The zero-order valence-corrected chi connectivity index (χ0v) is 10.4. The predicted molar refractivity (Wildman–Crippen MR) is 65.6 cm³/mol. The zero-order valence-electron chi connectivity index (χ0n) is 9.58. The molecule has 1 aromatic rings. The zero-order chi connectivity index (χ0) is 13.3. The Bertz CT molecular complexity index is 676. The SMILES string of the molecule is Cc1ccc(S(=O)(=O)C2=CC(=O)C=CC2=O)cc1. The standard InChI is InChI=1S/C13H10O4S/c1-9-2-5-11(6-3-9)18(16,17)13-8-10(14)4-7-12(13)15/h2-8H,1H3. The maximum atomic E-state index is 12.2. The molecule has 0 amide bonds. The minimum absolute atomic E-state index is 0.0100. The maximum absolute atomic E-state index is 12.2. The van der Waals surface area contributed by atoms with Crippen LogP contribution in [0, 0.1) is 6.92 Å². The number of carbonyl (C=O) groups is 2. The first kappa shape index (κ1) is 12.4. The fourth-order valence-electron chi connectivity index (χ4n) is 1.54. The highest BCUT2D eigenvalue weighted by atomic mass is 32.2. The van der Waals surface area contributed by atoms with Crippen LogP contribution >= 0.6 is 0 Å². The molecule has 1 aliphatic rings. The van der Waals surface area contributed by atoms with E-state index in [2.05, 4.69) is 0 Å². The fraction of sp³-hybridized carbons (Fsp3) is 0.0769. The van der Waals surface area contributed by atoms with E-state index in [0.29, 0.717) is 0 Å². The number of rotatable bonds is 2. The summed E-state index contributed by atoms with van der Waals surface area (Å²) in [5, 5.41) is 0. The first-order valence-electron chi connectivity index (χ1n) is 5.21. The van der Waals surface area contributed by atoms with E-state index in [-0.39, 0.29) is 4.90 Å². The molecule has 1 aromatic carbocycles. The normalized spacial score (nSPS) is 15.7. The topological polar surface area (TPSA) is 68.3 Å². The van der Waals surface area contributed by atoms with Gasteiger partial charge in [0.25, 0.3) is 0 Å². The lowest BCUT2D eigenvalue weighted by Gasteiger charge is -2.08. The Morgan fingerprint density at radius 2 is 1.56 bits per heavy atom. The van der Waals surface area contributed by atoms with Crippen LogP contribution in [0.3, 0.4) is 0 Å². The second-order valence-corrected chi connectivity index (χ2v) is 5.84. The summed E-state index contributed by atoms with van der Waals surface area (Å²) in [4.78, 5) is 22.2. The van der Waals surface area contributed by atoms with Gasteiger partial charge in [-0.2, -0.15) is 0 Å². The summed E-state index contributed by atoms with van der Waals surface area (Å²) in [5.41, 5.74) is 0.911. The van der Waals surface area contributed by atoms with Crippen molar-refractivity contribution in [2.45, 2.75) is 11.8 Å². The molecule has 0 radical (unpaired) electrons. The minimum Gasteiger partial charge on any atom is -0.290 e. The van der Waals surface area contributed by atoms with Crippen LogP contribution < -0.4 is 0 Å². The molecular weight excluding hydrogens is 252 g/mol. The number of hydrogen-bond donors (Lipinski definition) is 0. The molecule has 0 fully saturated rings. The average Bonchev–Trinajstić information content (AvgIpc) is 2.32. The van der Waals surface area contributed by atoms with E-state index in [0.717, 1.165) is 23.8 Å². The van der Waals surface area contributed by atoms with Gasteiger partial charge in [-0.15, -0.1) is 0 Å². The Balaban J connectivity index is 2.53. The van der Waals surface area contributed by atoms with Crippen LogP contribution in [0.5, 0.6) is 0 Å². The van der Waals surface area contributed by atoms with Crippen LogP contribution in [0.4, 0.5) is 0 Å². The van der Waals surface area contributed by atoms with Gasteiger partial charge < -0.3 is 0 Å². The summed E-state index contributed by atoms with van der Waals surface area (Å²) >= 11 is 0. The van der Waals surface area contributed by atoms with Crippen LogP contribution in [-0.2, 0) is 19.4 Å². The number of allylic oxidation sites excluding steroid dienone is 4. The molecule has 0 saturated heterocycles. The van der Waals surface area contributed by atoms with Gasteiger partial charge in [-0.05, 0) is 31.2 Å². The molecule has 0 bridgehead atoms. The third-order valence-electron chi connectivity index (χ3n) is 2.54. The van der Waals surface area contributed by atoms with E-state index in [4.69, 9.17) is 0 Å². The Morgan fingerprint density at radius 1 is 0.944 bits per heavy atom. The maximum Gasteiger partial charge on any atom is 0.210 e. The monoisotopic (exact) mass is 262 g/mol. The summed E-state index contributed by atoms with van der Waals surface area (Å²) in [6.07, 6.45) is 2.89. The van der Waals surface area contributed by atoms with Gasteiger partial charge in [0.05, 0.1) is 4.90 Å². The summed E-state index contributed by atoms with van der Waals surface area (Å²) in [5.74, 6) is -1.17. The smallest absolute Gasteiger partial charge is 0.210 e. The quantitative estimate of drug-likeness (QED) is 0.755. The summed E-state index contributed by atoms with van der Waals surface area (Å²) in [6, 6.07) is 6.11. The van der Waals surface area contributed by atoms with Gasteiger partial charge >= 0.3 is 0 Å². The summed E-state index contributed by atoms with van der Waals surface area (Å²) in [6.45, 7) is 1.83. The van der Waals surface area contributed by atoms with E-state index in [9.17, 15) is 18.0 Å². The average molecular weight is 262 g/mol. The van der Waals surface area contributed by atoms with Crippen LogP contribution in [0.25, 0.3) is 0 Å². The molecule has 4 nitrogen and oxygen atoms in total. The summed E-state index contributed by atoms with van der Waals surface area (Å²) < 4.78 is 24.4. The molecule has 0 atom stereocenters. The van der Waals surface area contributed by atoms with E-state index in [1.807, 2.05) is 6.92 Å². The molecule has 0 heterocycles. The first-order chi connectivity index (χ1) is 8.41. The minimum atomic E-state index is -3.92. The second-order valence-electron chi connectivity index (χ2n) is 3.93. The molecule has 5 heteroatoms. The molecule has 0 aliphatic heterocycles. The van der Waals surface area contributed by atoms with Crippen molar-refractivity contribution in [2.75, 3.05) is 0 Å². The molecule has 1 aliphatic carbocycles. The fourth-order valence-corrected chi connectivity index (χ4v) is 2.90. The predicted octanol–water partition coefficient (Wildman–Crippen LogP) is 1.36. The van der Waals surface area contributed by atoms with E-state index >= 15 is 0 Å². The van der Waals surface area contributed by atoms with Crippen molar-refractivity contribution in [2.24, 2.45) is 0 Å². The van der Waals surface area contributed by atoms with Crippen molar-refractivity contribution in [3.8, 4) is 0 Å². The molecule has 0 aromatic heterocycles. The Morgan fingerprint density at radius 3 is 2.17 bits per heavy atom. The van der Waals surface area contributed by atoms with Crippen LogP contribution in [0.15, 0.2) is 52.3 Å².